The summed E-state index contributed by atoms with van der Waals surface area (Å²) in [5.74, 6) is 0.311. The summed E-state index contributed by atoms with van der Waals surface area (Å²) < 4.78 is 23.4. The summed E-state index contributed by atoms with van der Waals surface area (Å²) in [6.45, 7) is 0. The summed E-state index contributed by atoms with van der Waals surface area (Å²) in [5, 5.41) is 10.1. The Hall–Kier alpha value is -2.14. The van der Waals surface area contributed by atoms with E-state index >= 15 is 0 Å². The highest BCUT2D eigenvalue weighted by Gasteiger charge is 2.10. The SMILES string of the molecule is COc1ccc(CC(O)Cc2ccc(OC)c(F)c2)cn1. The Balaban J connectivity index is 1.97. The maximum atomic E-state index is 13.6. The highest BCUT2D eigenvalue weighted by molar-refractivity contribution is 5.30. The summed E-state index contributed by atoms with van der Waals surface area (Å²) >= 11 is 0. The van der Waals surface area contributed by atoms with E-state index in [-0.39, 0.29) is 5.75 Å². The van der Waals surface area contributed by atoms with Gasteiger partial charge in [-0.15, -0.1) is 0 Å². The molecule has 1 unspecified atom stereocenters. The van der Waals surface area contributed by atoms with Crippen LogP contribution in [-0.2, 0) is 12.8 Å². The average Bonchev–Trinajstić information content (AvgIpc) is 2.48. The Labute approximate surface area is 123 Å². The monoisotopic (exact) mass is 291 g/mol. The van der Waals surface area contributed by atoms with Crippen molar-refractivity contribution in [1.29, 1.82) is 0 Å². The third-order valence-corrected chi connectivity index (χ3v) is 3.17. The van der Waals surface area contributed by atoms with Crippen LogP contribution >= 0.6 is 0 Å². The molecule has 1 heterocycles. The van der Waals surface area contributed by atoms with Crippen molar-refractivity contribution in [3.8, 4) is 11.6 Å². The molecule has 1 atom stereocenters. The Morgan fingerprint density at radius 2 is 1.81 bits per heavy atom. The van der Waals surface area contributed by atoms with Crippen LogP contribution in [-0.4, -0.2) is 30.4 Å². The van der Waals surface area contributed by atoms with E-state index in [1.54, 1.807) is 31.5 Å². The van der Waals surface area contributed by atoms with Gasteiger partial charge < -0.3 is 14.6 Å². The lowest BCUT2D eigenvalue weighted by molar-refractivity contribution is 0.175. The molecule has 2 rings (SSSR count). The fraction of sp³-hybridized carbons (Fsp3) is 0.312. The number of hydrogen-bond donors (Lipinski definition) is 1. The van der Waals surface area contributed by atoms with E-state index in [0.717, 1.165) is 11.1 Å². The molecule has 1 N–H and O–H groups in total. The van der Waals surface area contributed by atoms with Crippen LogP contribution in [0.3, 0.4) is 0 Å². The van der Waals surface area contributed by atoms with Gasteiger partial charge in [0, 0.05) is 18.7 Å². The third-order valence-electron chi connectivity index (χ3n) is 3.17. The van der Waals surface area contributed by atoms with Gasteiger partial charge in [0.25, 0.3) is 0 Å². The first-order chi connectivity index (χ1) is 10.1. The third kappa shape index (κ3) is 4.16. The van der Waals surface area contributed by atoms with Crippen molar-refractivity contribution < 1.29 is 19.0 Å². The van der Waals surface area contributed by atoms with Gasteiger partial charge in [-0.25, -0.2) is 9.37 Å². The van der Waals surface area contributed by atoms with Crippen LogP contribution in [0.2, 0.25) is 0 Å². The lowest BCUT2D eigenvalue weighted by Crippen LogP contribution is -2.14. The van der Waals surface area contributed by atoms with Crippen molar-refractivity contribution in [1.82, 2.24) is 4.98 Å². The molecule has 0 saturated heterocycles. The van der Waals surface area contributed by atoms with Crippen LogP contribution in [0.25, 0.3) is 0 Å². The highest BCUT2D eigenvalue weighted by Crippen LogP contribution is 2.19. The van der Waals surface area contributed by atoms with Gasteiger partial charge in [-0.05, 0) is 29.7 Å². The molecule has 0 radical (unpaired) electrons. The minimum Gasteiger partial charge on any atom is -0.494 e. The van der Waals surface area contributed by atoms with Gasteiger partial charge in [0.1, 0.15) is 0 Å². The predicted octanol–water partition coefficient (Wildman–Crippen LogP) is 2.38. The quantitative estimate of drug-likeness (QED) is 0.888. The molecule has 112 valence electrons. The summed E-state index contributed by atoms with van der Waals surface area (Å²) in [4.78, 5) is 4.08. The number of aliphatic hydroxyl groups is 1. The maximum absolute atomic E-state index is 13.6. The molecule has 0 aliphatic heterocycles. The lowest BCUT2D eigenvalue weighted by atomic mass is 10.0. The second-order valence-electron chi connectivity index (χ2n) is 4.74. The number of ether oxygens (including phenoxy) is 2. The highest BCUT2D eigenvalue weighted by atomic mass is 19.1. The van der Waals surface area contributed by atoms with E-state index in [1.165, 1.54) is 13.2 Å². The Morgan fingerprint density at radius 3 is 2.38 bits per heavy atom. The number of nitrogens with zero attached hydrogens (tertiary/aromatic N) is 1. The van der Waals surface area contributed by atoms with E-state index in [2.05, 4.69) is 4.98 Å². The van der Waals surface area contributed by atoms with Crippen molar-refractivity contribution in [2.24, 2.45) is 0 Å². The van der Waals surface area contributed by atoms with Gasteiger partial charge in [0.2, 0.25) is 5.88 Å². The number of rotatable bonds is 6. The van der Waals surface area contributed by atoms with Crippen LogP contribution in [0.15, 0.2) is 36.5 Å². The first-order valence-corrected chi connectivity index (χ1v) is 6.61. The minimum atomic E-state index is -0.604. The molecule has 1 aromatic carbocycles. The van der Waals surface area contributed by atoms with Crippen molar-refractivity contribution in [3.05, 3.63) is 53.5 Å². The molecule has 0 amide bonds. The van der Waals surface area contributed by atoms with Crippen molar-refractivity contribution in [2.75, 3.05) is 14.2 Å². The van der Waals surface area contributed by atoms with Crippen molar-refractivity contribution in [2.45, 2.75) is 18.9 Å². The van der Waals surface area contributed by atoms with E-state index < -0.39 is 11.9 Å². The molecule has 4 nitrogen and oxygen atoms in total. The molecule has 1 aromatic heterocycles. The zero-order valence-corrected chi connectivity index (χ0v) is 12.0. The molecule has 0 bridgehead atoms. The van der Waals surface area contributed by atoms with Gasteiger partial charge in [-0.2, -0.15) is 0 Å². The standard InChI is InChI=1S/C16H18FNO3/c1-20-15-5-3-11(9-14(15)17)7-13(19)8-12-4-6-16(21-2)18-10-12/h3-6,9-10,13,19H,7-8H2,1-2H3. The number of halogens is 1. The molecule has 2 aromatic rings. The summed E-state index contributed by atoms with van der Waals surface area (Å²) in [5.41, 5.74) is 1.62. The Bertz CT molecular complexity index is 587. The average molecular weight is 291 g/mol. The number of benzene rings is 1. The van der Waals surface area contributed by atoms with E-state index in [1.807, 2.05) is 6.07 Å². The number of hydrogen-bond acceptors (Lipinski definition) is 4. The lowest BCUT2D eigenvalue weighted by Gasteiger charge is -2.12. The molecule has 0 aliphatic rings. The van der Waals surface area contributed by atoms with Gasteiger partial charge in [0.05, 0.1) is 20.3 Å². The molecular formula is C16H18FNO3. The fourth-order valence-corrected chi connectivity index (χ4v) is 2.11. The van der Waals surface area contributed by atoms with E-state index in [0.29, 0.717) is 18.7 Å². The minimum absolute atomic E-state index is 0.201. The van der Waals surface area contributed by atoms with Gasteiger partial charge in [-0.1, -0.05) is 12.1 Å². The zero-order valence-electron chi connectivity index (χ0n) is 12.0. The number of aromatic nitrogens is 1. The van der Waals surface area contributed by atoms with Crippen LogP contribution in [0, 0.1) is 5.82 Å². The maximum Gasteiger partial charge on any atom is 0.212 e. The molecule has 21 heavy (non-hydrogen) atoms. The van der Waals surface area contributed by atoms with Gasteiger partial charge >= 0.3 is 0 Å². The van der Waals surface area contributed by atoms with E-state index in [9.17, 15) is 9.50 Å². The fourth-order valence-electron chi connectivity index (χ4n) is 2.11. The summed E-state index contributed by atoms with van der Waals surface area (Å²) in [7, 11) is 2.97. The first kappa shape index (κ1) is 15.3. The first-order valence-electron chi connectivity index (χ1n) is 6.61. The molecular weight excluding hydrogens is 273 g/mol. The largest absolute Gasteiger partial charge is 0.494 e. The number of aliphatic hydroxyl groups excluding tert-OH is 1. The predicted molar refractivity (Wildman–Crippen MR) is 77.2 cm³/mol. The summed E-state index contributed by atoms with van der Waals surface area (Å²) in [6, 6.07) is 8.29. The van der Waals surface area contributed by atoms with Crippen molar-refractivity contribution >= 4 is 0 Å². The van der Waals surface area contributed by atoms with Gasteiger partial charge in [-0.3, -0.25) is 0 Å². The second-order valence-corrected chi connectivity index (χ2v) is 4.74. The molecule has 5 heteroatoms. The Morgan fingerprint density at radius 1 is 1.10 bits per heavy atom. The smallest absolute Gasteiger partial charge is 0.212 e. The second kappa shape index (κ2) is 7.04. The topological polar surface area (TPSA) is 51.6 Å². The number of methoxy groups -OCH3 is 2. The molecule has 0 saturated carbocycles. The number of pyridine rings is 1. The van der Waals surface area contributed by atoms with E-state index in [4.69, 9.17) is 9.47 Å². The van der Waals surface area contributed by atoms with Crippen LogP contribution in [0.4, 0.5) is 4.39 Å². The molecule has 0 spiro atoms. The van der Waals surface area contributed by atoms with Crippen LogP contribution in [0.5, 0.6) is 11.6 Å². The zero-order chi connectivity index (χ0) is 15.2. The van der Waals surface area contributed by atoms with Crippen LogP contribution in [0.1, 0.15) is 11.1 Å². The van der Waals surface area contributed by atoms with Crippen molar-refractivity contribution in [3.63, 3.8) is 0 Å². The van der Waals surface area contributed by atoms with Crippen LogP contribution < -0.4 is 9.47 Å². The summed E-state index contributed by atoms with van der Waals surface area (Å²) in [6.07, 6.45) is 1.88. The normalized spacial score (nSPS) is 12.0. The van der Waals surface area contributed by atoms with Gasteiger partial charge in [0.15, 0.2) is 11.6 Å². The Kier molecular flexibility index (Phi) is 5.11. The molecule has 0 fully saturated rings. The molecule has 0 aliphatic carbocycles.